The van der Waals surface area contributed by atoms with Crippen LogP contribution in [0, 0.1) is 0 Å². The zero-order chi connectivity index (χ0) is 14.5. The molecule has 108 valence electrons. The Morgan fingerprint density at radius 3 is 2.63 bits per heavy atom. The summed E-state index contributed by atoms with van der Waals surface area (Å²) in [5.41, 5.74) is 6.18. The van der Waals surface area contributed by atoms with Crippen molar-refractivity contribution in [3.63, 3.8) is 0 Å². The Morgan fingerprint density at radius 1 is 1.37 bits per heavy atom. The summed E-state index contributed by atoms with van der Waals surface area (Å²) in [5.74, 6) is 0. The Balaban J connectivity index is 2.72. The van der Waals surface area contributed by atoms with Crippen LogP contribution < -0.4 is 10.5 Å². The molecule has 0 aliphatic carbocycles. The van der Waals surface area contributed by atoms with Crippen molar-refractivity contribution in [1.29, 1.82) is 0 Å². The van der Waals surface area contributed by atoms with E-state index in [-0.39, 0.29) is 10.9 Å². The number of nitrogen functional groups attached to an aromatic ring is 1. The minimum absolute atomic E-state index is 0.0621. The monoisotopic (exact) mass is 348 g/mol. The second kappa shape index (κ2) is 7.26. The fourth-order valence-electron chi connectivity index (χ4n) is 1.77. The lowest BCUT2D eigenvalue weighted by Gasteiger charge is -2.14. The fourth-order valence-corrected chi connectivity index (χ4v) is 3.60. The highest BCUT2D eigenvalue weighted by molar-refractivity contribution is 9.10. The lowest BCUT2D eigenvalue weighted by molar-refractivity contribution is 0.527. The molecule has 0 saturated heterocycles. The lowest BCUT2D eigenvalue weighted by atomic mass is 10.1. The smallest absolute Gasteiger partial charge is 0.240 e. The molecule has 0 heterocycles. The van der Waals surface area contributed by atoms with Crippen LogP contribution in [0.15, 0.2) is 27.6 Å². The van der Waals surface area contributed by atoms with E-state index in [0.717, 1.165) is 25.7 Å². The topological polar surface area (TPSA) is 72.2 Å². The molecule has 1 atom stereocenters. The van der Waals surface area contributed by atoms with Gasteiger partial charge in [0.1, 0.15) is 0 Å². The highest BCUT2D eigenvalue weighted by Crippen LogP contribution is 2.23. The summed E-state index contributed by atoms with van der Waals surface area (Å²) in [6.07, 6.45) is 4.14. The maximum absolute atomic E-state index is 12.2. The van der Waals surface area contributed by atoms with E-state index < -0.39 is 10.0 Å². The molecule has 0 amide bonds. The number of nitrogens with two attached hydrogens (primary N) is 1. The number of benzene rings is 1. The molecule has 0 saturated carbocycles. The van der Waals surface area contributed by atoms with Crippen LogP contribution in [0.5, 0.6) is 0 Å². The number of nitrogens with one attached hydrogen (secondary N) is 1. The normalized spacial score (nSPS) is 13.4. The van der Waals surface area contributed by atoms with E-state index >= 15 is 0 Å². The third-order valence-corrected chi connectivity index (χ3v) is 5.15. The molecule has 3 N–H and O–H groups in total. The SMILES string of the molecule is CCCCCC(C)NS(=O)(=O)c1ccc(N)c(Br)c1. The van der Waals surface area contributed by atoms with Gasteiger partial charge < -0.3 is 5.73 Å². The van der Waals surface area contributed by atoms with Crippen molar-refractivity contribution in [2.45, 2.75) is 50.5 Å². The van der Waals surface area contributed by atoms with E-state index in [1.54, 1.807) is 6.07 Å². The van der Waals surface area contributed by atoms with E-state index in [2.05, 4.69) is 27.6 Å². The summed E-state index contributed by atoms with van der Waals surface area (Å²) >= 11 is 3.24. The van der Waals surface area contributed by atoms with Gasteiger partial charge in [0.2, 0.25) is 10.0 Å². The molecule has 0 fully saturated rings. The highest BCUT2D eigenvalue weighted by atomic mass is 79.9. The molecule has 0 aliphatic rings. The molecule has 0 bridgehead atoms. The van der Waals surface area contributed by atoms with Gasteiger partial charge in [0.15, 0.2) is 0 Å². The third kappa shape index (κ3) is 5.12. The average molecular weight is 349 g/mol. The second-order valence-corrected chi connectivity index (χ2v) is 7.27. The van der Waals surface area contributed by atoms with Crippen LogP contribution in [0.25, 0.3) is 0 Å². The van der Waals surface area contributed by atoms with Gasteiger partial charge in [-0.2, -0.15) is 0 Å². The number of hydrogen-bond acceptors (Lipinski definition) is 3. The standard InChI is InChI=1S/C13H21BrN2O2S/c1-3-4-5-6-10(2)16-19(17,18)11-7-8-13(15)12(14)9-11/h7-10,16H,3-6,15H2,1-2H3. The van der Waals surface area contributed by atoms with Crippen molar-refractivity contribution in [1.82, 2.24) is 4.72 Å². The van der Waals surface area contributed by atoms with E-state index in [1.807, 2.05) is 6.92 Å². The van der Waals surface area contributed by atoms with Gasteiger partial charge in [0.25, 0.3) is 0 Å². The van der Waals surface area contributed by atoms with Crippen LogP contribution in [0.4, 0.5) is 5.69 Å². The minimum Gasteiger partial charge on any atom is -0.398 e. The zero-order valence-electron chi connectivity index (χ0n) is 11.3. The summed E-state index contributed by atoms with van der Waals surface area (Å²) in [6.45, 7) is 4.01. The van der Waals surface area contributed by atoms with Crippen molar-refractivity contribution in [3.05, 3.63) is 22.7 Å². The van der Waals surface area contributed by atoms with Crippen LogP contribution in [-0.2, 0) is 10.0 Å². The van der Waals surface area contributed by atoms with Gasteiger partial charge in [-0.25, -0.2) is 13.1 Å². The van der Waals surface area contributed by atoms with Gasteiger partial charge in [0.05, 0.1) is 4.90 Å². The van der Waals surface area contributed by atoms with Gasteiger partial charge in [-0.3, -0.25) is 0 Å². The molecule has 0 aliphatic heterocycles. The van der Waals surface area contributed by atoms with E-state index in [0.29, 0.717) is 10.2 Å². The van der Waals surface area contributed by atoms with Crippen LogP contribution in [0.1, 0.15) is 39.5 Å². The van der Waals surface area contributed by atoms with Crippen molar-refractivity contribution >= 4 is 31.6 Å². The van der Waals surface area contributed by atoms with Gasteiger partial charge in [-0.15, -0.1) is 0 Å². The van der Waals surface area contributed by atoms with Crippen LogP contribution in [-0.4, -0.2) is 14.5 Å². The van der Waals surface area contributed by atoms with Crippen LogP contribution >= 0.6 is 15.9 Å². The Morgan fingerprint density at radius 2 is 2.05 bits per heavy atom. The molecule has 1 rings (SSSR count). The van der Waals surface area contributed by atoms with Crippen LogP contribution in [0.2, 0.25) is 0 Å². The molecule has 1 aromatic rings. The first-order valence-corrected chi connectivity index (χ1v) is 8.71. The zero-order valence-corrected chi connectivity index (χ0v) is 13.7. The minimum atomic E-state index is -3.47. The first-order chi connectivity index (χ1) is 8.86. The molecular weight excluding hydrogens is 328 g/mol. The van der Waals surface area contributed by atoms with Crippen molar-refractivity contribution in [3.8, 4) is 0 Å². The number of hydrogen-bond donors (Lipinski definition) is 2. The average Bonchev–Trinajstić information content (AvgIpc) is 2.32. The largest absolute Gasteiger partial charge is 0.398 e. The second-order valence-electron chi connectivity index (χ2n) is 4.70. The number of rotatable bonds is 7. The number of anilines is 1. The number of sulfonamides is 1. The lowest BCUT2D eigenvalue weighted by Crippen LogP contribution is -2.32. The van der Waals surface area contributed by atoms with Crippen molar-refractivity contribution in [2.75, 3.05) is 5.73 Å². The highest BCUT2D eigenvalue weighted by Gasteiger charge is 2.17. The Hall–Kier alpha value is -0.590. The molecule has 0 spiro atoms. The maximum Gasteiger partial charge on any atom is 0.240 e. The Labute approximate surface area is 124 Å². The molecule has 0 radical (unpaired) electrons. The molecule has 1 unspecified atom stereocenters. The summed E-state index contributed by atoms with van der Waals surface area (Å²) in [5, 5.41) is 0. The van der Waals surface area contributed by atoms with Gasteiger partial charge in [-0.05, 0) is 47.5 Å². The molecule has 6 heteroatoms. The maximum atomic E-state index is 12.2. The Kier molecular flexibility index (Phi) is 6.29. The first-order valence-electron chi connectivity index (χ1n) is 6.44. The van der Waals surface area contributed by atoms with Gasteiger partial charge in [0, 0.05) is 16.2 Å². The van der Waals surface area contributed by atoms with E-state index in [9.17, 15) is 8.42 Å². The molecular formula is C13H21BrN2O2S. The number of unbranched alkanes of at least 4 members (excludes halogenated alkanes) is 2. The summed E-state index contributed by atoms with van der Waals surface area (Å²) in [4.78, 5) is 0.232. The fraction of sp³-hybridized carbons (Fsp3) is 0.538. The molecule has 0 aromatic heterocycles. The summed E-state index contributed by atoms with van der Waals surface area (Å²) in [7, 11) is -3.47. The Bertz CT molecular complexity index is 517. The third-order valence-electron chi connectivity index (χ3n) is 2.88. The van der Waals surface area contributed by atoms with Crippen LogP contribution in [0.3, 0.4) is 0 Å². The summed E-state index contributed by atoms with van der Waals surface area (Å²) < 4.78 is 27.6. The predicted molar refractivity (Wildman–Crippen MR) is 82.5 cm³/mol. The predicted octanol–water partition coefficient (Wildman–Crippen LogP) is 3.28. The van der Waals surface area contributed by atoms with Crippen molar-refractivity contribution < 1.29 is 8.42 Å². The number of halogens is 1. The quantitative estimate of drug-likeness (QED) is 0.586. The molecule has 4 nitrogen and oxygen atoms in total. The molecule has 19 heavy (non-hydrogen) atoms. The van der Waals surface area contributed by atoms with Gasteiger partial charge >= 0.3 is 0 Å². The first kappa shape index (κ1) is 16.5. The molecule has 1 aromatic carbocycles. The van der Waals surface area contributed by atoms with E-state index in [1.165, 1.54) is 12.1 Å². The van der Waals surface area contributed by atoms with Gasteiger partial charge in [-0.1, -0.05) is 26.2 Å². The van der Waals surface area contributed by atoms with E-state index in [4.69, 9.17) is 5.73 Å². The van der Waals surface area contributed by atoms with Crippen molar-refractivity contribution in [2.24, 2.45) is 0 Å². The summed E-state index contributed by atoms with van der Waals surface area (Å²) in [6, 6.07) is 4.56.